The van der Waals surface area contributed by atoms with Crippen LogP contribution in [0.25, 0.3) is 0 Å². The van der Waals surface area contributed by atoms with Crippen molar-refractivity contribution in [2.75, 3.05) is 0 Å². The van der Waals surface area contributed by atoms with E-state index in [1.54, 1.807) is 12.5 Å². The lowest BCUT2D eigenvalue weighted by molar-refractivity contribution is -0.148. The topological polar surface area (TPSA) is 39.2 Å². The van der Waals surface area contributed by atoms with Crippen LogP contribution in [-0.4, -0.2) is 17.1 Å². The molecule has 158 valence electrons. The fourth-order valence-corrected chi connectivity index (χ4v) is 8.99. The van der Waals surface area contributed by atoms with Crippen LogP contribution < -0.4 is 0 Å². The first-order valence-electron chi connectivity index (χ1n) is 11.6. The Morgan fingerprint density at radius 2 is 2.00 bits per heavy atom. The van der Waals surface area contributed by atoms with E-state index >= 15 is 0 Å². The Labute approximate surface area is 179 Å². The van der Waals surface area contributed by atoms with Crippen molar-refractivity contribution in [2.45, 2.75) is 91.1 Å². The molecule has 1 aromatic rings. The van der Waals surface area contributed by atoms with Crippen molar-refractivity contribution < 1.29 is 9.53 Å². The van der Waals surface area contributed by atoms with Crippen molar-refractivity contribution in [3.8, 4) is 0 Å². The zero-order valence-corrected chi connectivity index (χ0v) is 19.2. The third kappa shape index (κ3) is 3.04. The van der Waals surface area contributed by atoms with Crippen LogP contribution in [0, 0.1) is 35.5 Å². The number of hydrogen-bond acceptors (Lipinski definition) is 4. The number of ether oxygens (including phenoxy) is 1. The number of nitrogens with zero attached hydrogens (tertiary/aromatic N) is 1. The molecule has 5 rings (SSSR count). The van der Waals surface area contributed by atoms with Gasteiger partial charge in [-0.05, 0) is 80.5 Å². The largest absolute Gasteiger partial charge is 0.462 e. The van der Waals surface area contributed by atoms with Crippen LogP contribution in [0.1, 0.15) is 88.8 Å². The highest BCUT2D eigenvalue weighted by Gasteiger charge is 2.59. The summed E-state index contributed by atoms with van der Waals surface area (Å²) in [6.07, 6.45) is 12.4. The lowest BCUT2D eigenvalue weighted by Crippen LogP contribution is -2.50. The highest BCUT2D eigenvalue weighted by atomic mass is 32.1. The number of carbonyl (C=O) groups is 1. The van der Waals surface area contributed by atoms with E-state index in [2.05, 4.69) is 32.2 Å². The summed E-state index contributed by atoms with van der Waals surface area (Å²) in [4.78, 5) is 16.4. The Kier molecular flexibility index (Phi) is 4.73. The molecule has 29 heavy (non-hydrogen) atoms. The maximum Gasteiger partial charge on any atom is 0.302 e. The van der Waals surface area contributed by atoms with Crippen molar-refractivity contribution in [3.63, 3.8) is 0 Å². The second kappa shape index (κ2) is 6.93. The van der Waals surface area contributed by atoms with Crippen molar-refractivity contribution in [1.29, 1.82) is 0 Å². The first-order valence-corrected chi connectivity index (χ1v) is 12.5. The van der Waals surface area contributed by atoms with Crippen molar-refractivity contribution in [2.24, 2.45) is 28.6 Å². The van der Waals surface area contributed by atoms with Crippen molar-refractivity contribution in [1.82, 2.24) is 4.98 Å². The summed E-state index contributed by atoms with van der Waals surface area (Å²) in [6, 6.07) is 0. The predicted octanol–water partition coefficient (Wildman–Crippen LogP) is 6.43. The Bertz CT molecular complexity index is 844. The monoisotopic (exact) mass is 413 g/mol. The molecule has 0 N–H and O–H groups in total. The number of allylic oxidation sites excluding steroid dienone is 1. The van der Waals surface area contributed by atoms with Gasteiger partial charge in [0.05, 0.1) is 5.01 Å². The SMILES string of the molecule is CC(=O)OC1CC[C@@]2(C)C(=CC[C@@H]3[C@@H]2CC[C@]2(C)C(c4nc(C)cs4)CC[C@@H]32)C1. The third-order valence-electron chi connectivity index (χ3n) is 9.33. The molecule has 1 heterocycles. The summed E-state index contributed by atoms with van der Waals surface area (Å²) in [6.45, 7) is 8.79. The molecule has 3 saturated carbocycles. The maximum absolute atomic E-state index is 11.4. The Balaban J connectivity index is 1.40. The van der Waals surface area contributed by atoms with Crippen molar-refractivity contribution >= 4 is 17.3 Å². The second-order valence-electron chi connectivity index (χ2n) is 10.7. The molecular formula is C25H35NO2S. The molecule has 0 saturated heterocycles. The number of aromatic nitrogens is 1. The number of hydrogen-bond donors (Lipinski definition) is 0. The number of thiazole rings is 1. The van der Waals surface area contributed by atoms with Gasteiger partial charge in [0, 0.05) is 30.3 Å². The highest BCUT2D eigenvalue weighted by Crippen LogP contribution is 2.68. The molecule has 4 aliphatic rings. The summed E-state index contributed by atoms with van der Waals surface area (Å²) in [5.74, 6) is 2.98. The Hall–Kier alpha value is -1.16. The average molecular weight is 414 g/mol. The third-order valence-corrected chi connectivity index (χ3v) is 10.4. The molecule has 3 nitrogen and oxygen atoms in total. The maximum atomic E-state index is 11.4. The van der Waals surface area contributed by atoms with Gasteiger partial charge in [0.1, 0.15) is 6.10 Å². The van der Waals surface area contributed by atoms with E-state index in [-0.39, 0.29) is 12.1 Å². The predicted molar refractivity (Wildman–Crippen MR) is 117 cm³/mol. The molecule has 0 aliphatic heterocycles. The van der Waals surface area contributed by atoms with Gasteiger partial charge in [-0.2, -0.15) is 0 Å². The molecule has 0 bridgehead atoms. The van der Waals surface area contributed by atoms with E-state index in [9.17, 15) is 4.79 Å². The van der Waals surface area contributed by atoms with Crippen LogP contribution in [0.4, 0.5) is 0 Å². The molecule has 3 fully saturated rings. The fraction of sp³-hybridized carbons (Fsp3) is 0.760. The minimum atomic E-state index is -0.129. The summed E-state index contributed by atoms with van der Waals surface area (Å²) < 4.78 is 5.59. The minimum Gasteiger partial charge on any atom is -0.462 e. The molecule has 1 aromatic heterocycles. The molecule has 4 aliphatic carbocycles. The Morgan fingerprint density at radius 1 is 1.17 bits per heavy atom. The first kappa shape index (κ1) is 19.8. The lowest BCUT2D eigenvalue weighted by Gasteiger charge is -2.58. The van der Waals surface area contributed by atoms with Gasteiger partial charge in [-0.25, -0.2) is 4.98 Å². The van der Waals surface area contributed by atoms with E-state index < -0.39 is 0 Å². The quantitative estimate of drug-likeness (QED) is 0.414. The lowest BCUT2D eigenvalue weighted by atomic mass is 9.47. The van der Waals surface area contributed by atoms with Gasteiger partial charge in [-0.15, -0.1) is 11.3 Å². The summed E-state index contributed by atoms with van der Waals surface area (Å²) >= 11 is 1.89. The molecule has 4 heteroatoms. The van der Waals surface area contributed by atoms with Crippen LogP contribution >= 0.6 is 11.3 Å². The van der Waals surface area contributed by atoms with Crippen LogP contribution in [0.5, 0.6) is 0 Å². The van der Waals surface area contributed by atoms with Crippen LogP contribution in [0.3, 0.4) is 0 Å². The van der Waals surface area contributed by atoms with Gasteiger partial charge in [-0.3, -0.25) is 4.79 Å². The Morgan fingerprint density at radius 3 is 2.72 bits per heavy atom. The first-order chi connectivity index (χ1) is 13.8. The molecule has 0 radical (unpaired) electrons. The van der Waals surface area contributed by atoms with E-state index in [1.807, 2.05) is 11.3 Å². The van der Waals surface area contributed by atoms with E-state index in [0.29, 0.717) is 16.7 Å². The van der Waals surface area contributed by atoms with Gasteiger partial charge in [0.15, 0.2) is 0 Å². The fourth-order valence-electron chi connectivity index (χ4n) is 7.90. The highest BCUT2D eigenvalue weighted by molar-refractivity contribution is 7.09. The molecule has 0 spiro atoms. The number of aryl methyl sites for hydroxylation is 1. The molecule has 0 amide bonds. The number of carbonyl (C=O) groups excluding carboxylic acids is 1. The van der Waals surface area contributed by atoms with Gasteiger partial charge < -0.3 is 4.74 Å². The van der Waals surface area contributed by atoms with Crippen LogP contribution in [0.2, 0.25) is 0 Å². The standard InChI is InChI=1S/C25H35NO2S/c1-15-14-29-23(26-15)22-8-7-20-19-6-5-17-13-18(28-16(2)27)9-11-24(17,3)21(19)10-12-25(20,22)4/h5,14,18-22H,6-13H2,1-4H3/t18?,19-,20-,21-,22?,24-,25-/m0/s1. The zero-order valence-electron chi connectivity index (χ0n) is 18.4. The average Bonchev–Trinajstić information content (AvgIpc) is 3.24. The number of fused-ring (bicyclic) bond motifs is 5. The van der Waals surface area contributed by atoms with E-state index in [4.69, 9.17) is 9.72 Å². The second-order valence-corrected chi connectivity index (χ2v) is 11.6. The minimum absolute atomic E-state index is 0.0984. The van der Waals surface area contributed by atoms with E-state index in [0.717, 1.165) is 30.6 Å². The smallest absolute Gasteiger partial charge is 0.302 e. The molecule has 0 aromatic carbocycles. The van der Waals surface area contributed by atoms with Crippen molar-refractivity contribution in [3.05, 3.63) is 27.7 Å². The van der Waals surface area contributed by atoms with Gasteiger partial charge in [-0.1, -0.05) is 25.5 Å². The van der Waals surface area contributed by atoms with Crippen LogP contribution in [0.15, 0.2) is 17.0 Å². The number of rotatable bonds is 2. The summed E-state index contributed by atoms with van der Waals surface area (Å²) in [7, 11) is 0. The summed E-state index contributed by atoms with van der Waals surface area (Å²) in [5, 5.41) is 3.63. The summed E-state index contributed by atoms with van der Waals surface area (Å²) in [5.41, 5.74) is 3.51. The molecule has 2 unspecified atom stereocenters. The zero-order chi connectivity index (χ0) is 20.4. The normalized spacial score (nSPS) is 43.7. The van der Waals surface area contributed by atoms with Gasteiger partial charge in [0.2, 0.25) is 0 Å². The van der Waals surface area contributed by atoms with E-state index in [1.165, 1.54) is 49.2 Å². The van der Waals surface area contributed by atoms with Gasteiger partial charge >= 0.3 is 5.97 Å². The van der Waals surface area contributed by atoms with Gasteiger partial charge in [0.25, 0.3) is 0 Å². The molecular weight excluding hydrogens is 378 g/mol. The van der Waals surface area contributed by atoms with Crippen LogP contribution in [-0.2, 0) is 9.53 Å². The number of esters is 1. The molecule has 7 atom stereocenters.